The van der Waals surface area contributed by atoms with Crippen LogP contribution in [0.25, 0.3) is 0 Å². The average Bonchev–Trinajstić information content (AvgIpc) is 3.48. The summed E-state index contributed by atoms with van der Waals surface area (Å²) in [7, 11) is 1.64. The first-order valence-corrected chi connectivity index (χ1v) is 9.18. The lowest BCUT2D eigenvalue weighted by atomic mass is 10.1. The van der Waals surface area contributed by atoms with Gasteiger partial charge in [0.15, 0.2) is 0 Å². The molecule has 0 saturated heterocycles. The molecule has 2 aromatic rings. The molecule has 27 heavy (non-hydrogen) atoms. The fourth-order valence-electron chi connectivity index (χ4n) is 2.69. The molecule has 0 radical (unpaired) electrons. The molecule has 0 bridgehead atoms. The Bertz CT molecular complexity index is 768. The van der Waals surface area contributed by atoms with Crippen LogP contribution in [0, 0.1) is 0 Å². The molecular formula is C21H25N3O3. The summed E-state index contributed by atoms with van der Waals surface area (Å²) in [5.74, 6) is 0.868. The Labute approximate surface area is 159 Å². The maximum atomic E-state index is 12.0. The van der Waals surface area contributed by atoms with Crippen LogP contribution in [0.4, 0.5) is 10.5 Å². The summed E-state index contributed by atoms with van der Waals surface area (Å²) in [5.41, 5.74) is 2.76. The minimum absolute atomic E-state index is 0.0504. The van der Waals surface area contributed by atoms with E-state index >= 15 is 0 Å². The number of methoxy groups -OCH3 is 1. The molecule has 0 spiro atoms. The number of urea groups is 1. The van der Waals surface area contributed by atoms with E-state index in [4.69, 9.17) is 4.74 Å². The number of anilines is 1. The number of rotatable bonds is 8. The van der Waals surface area contributed by atoms with Crippen LogP contribution in [0.2, 0.25) is 0 Å². The third-order valence-corrected chi connectivity index (χ3v) is 4.38. The molecule has 0 unspecified atom stereocenters. The van der Waals surface area contributed by atoms with E-state index in [9.17, 15) is 9.59 Å². The lowest BCUT2D eigenvalue weighted by Crippen LogP contribution is -2.30. The second-order valence-electron chi connectivity index (χ2n) is 6.69. The van der Waals surface area contributed by atoms with Gasteiger partial charge in [-0.2, -0.15) is 0 Å². The molecule has 1 saturated carbocycles. The standard InChI is InChI=1S/C21H25N3O3/c1-27-19-10-4-15(5-11-19)12-13-22-21(26)24-18-6-2-16(3-7-18)14-20(25)23-17-8-9-17/h2-7,10-11,17H,8-9,12-14H2,1H3,(H,23,25)(H2,22,24,26). The molecule has 0 aliphatic heterocycles. The van der Waals surface area contributed by atoms with Crippen LogP contribution in [-0.2, 0) is 17.6 Å². The number of nitrogens with one attached hydrogen (secondary N) is 3. The first-order chi connectivity index (χ1) is 13.1. The zero-order valence-corrected chi connectivity index (χ0v) is 15.5. The molecule has 1 fully saturated rings. The monoisotopic (exact) mass is 367 g/mol. The van der Waals surface area contributed by atoms with Crippen molar-refractivity contribution in [3.05, 3.63) is 59.7 Å². The molecule has 1 aliphatic rings. The van der Waals surface area contributed by atoms with Crippen molar-refractivity contribution in [1.29, 1.82) is 0 Å². The smallest absolute Gasteiger partial charge is 0.319 e. The zero-order valence-electron chi connectivity index (χ0n) is 15.5. The van der Waals surface area contributed by atoms with Crippen molar-refractivity contribution in [1.82, 2.24) is 10.6 Å². The molecule has 0 atom stereocenters. The fraction of sp³-hybridized carbons (Fsp3) is 0.333. The van der Waals surface area contributed by atoms with Gasteiger partial charge in [0.2, 0.25) is 5.91 Å². The Hall–Kier alpha value is -3.02. The molecule has 1 aliphatic carbocycles. The summed E-state index contributed by atoms with van der Waals surface area (Å²) in [6, 6.07) is 15.2. The van der Waals surface area contributed by atoms with Gasteiger partial charge in [-0.25, -0.2) is 4.79 Å². The summed E-state index contributed by atoms with van der Waals surface area (Å²) in [6.07, 6.45) is 3.28. The number of hydrogen-bond donors (Lipinski definition) is 3. The first-order valence-electron chi connectivity index (χ1n) is 9.18. The van der Waals surface area contributed by atoms with Crippen LogP contribution in [0.1, 0.15) is 24.0 Å². The van der Waals surface area contributed by atoms with Gasteiger partial charge >= 0.3 is 6.03 Å². The number of carbonyl (C=O) groups is 2. The second kappa shape index (κ2) is 9.07. The largest absolute Gasteiger partial charge is 0.497 e. The Morgan fingerprint density at radius 1 is 1.00 bits per heavy atom. The summed E-state index contributed by atoms with van der Waals surface area (Å²) in [4.78, 5) is 23.8. The van der Waals surface area contributed by atoms with Crippen molar-refractivity contribution in [2.45, 2.75) is 31.7 Å². The SMILES string of the molecule is COc1ccc(CCNC(=O)Nc2ccc(CC(=O)NC3CC3)cc2)cc1. The van der Waals surface area contributed by atoms with Crippen molar-refractivity contribution in [2.75, 3.05) is 19.0 Å². The maximum Gasteiger partial charge on any atom is 0.319 e. The van der Waals surface area contributed by atoms with Crippen LogP contribution in [0.3, 0.4) is 0 Å². The van der Waals surface area contributed by atoms with Gasteiger partial charge in [0.25, 0.3) is 0 Å². The van der Waals surface area contributed by atoms with E-state index in [-0.39, 0.29) is 11.9 Å². The molecule has 6 nitrogen and oxygen atoms in total. The second-order valence-corrected chi connectivity index (χ2v) is 6.69. The van der Waals surface area contributed by atoms with Crippen LogP contribution in [0.15, 0.2) is 48.5 Å². The van der Waals surface area contributed by atoms with E-state index in [0.29, 0.717) is 24.7 Å². The highest BCUT2D eigenvalue weighted by Crippen LogP contribution is 2.19. The van der Waals surface area contributed by atoms with Crippen molar-refractivity contribution >= 4 is 17.6 Å². The number of ether oxygens (including phenoxy) is 1. The van der Waals surface area contributed by atoms with Gasteiger partial charge in [-0.3, -0.25) is 4.79 Å². The summed E-state index contributed by atoms with van der Waals surface area (Å²) < 4.78 is 5.13. The summed E-state index contributed by atoms with van der Waals surface area (Å²) in [6.45, 7) is 0.539. The number of benzene rings is 2. The Morgan fingerprint density at radius 3 is 2.30 bits per heavy atom. The number of carbonyl (C=O) groups excluding carboxylic acids is 2. The predicted molar refractivity (Wildman–Crippen MR) is 105 cm³/mol. The normalized spacial score (nSPS) is 12.9. The Morgan fingerprint density at radius 2 is 1.67 bits per heavy atom. The van der Waals surface area contributed by atoms with E-state index in [0.717, 1.165) is 36.1 Å². The van der Waals surface area contributed by atoms with Crippen LogP contribution in [0.5, 0.6) is 5.75 Å². The maximum absolute atomic E-state index is 12.0. The van der Waals surface area contributed by atoms with E-state index in [1.54, 1.807) is 7.11 Å². The Balaban J connectivity index is 1.38. The summed E-state index contributed by atoms with van der Waals surface area (Å²) in [5, 5.41) is 8.60. The van der Waals surface area contributed by atoms with Crippen LogP contribution in [-0.4, -0.2) is 31.6 Å². The third-order valence-electron chi connectivity index (χ3n) is 4.38. The molecule has 3 rings (SSSR count). The Kier molecular flexibility index (Phi) is 6.30. The minimum Gasteiger partial charge on any atom is -0.497 e. The van der Waals surface area contributed by atoms with E-state index < -0.39 is 0 Å². The van der Waals surface area contributed by atoms with Gasteiger partial charge in [0, 0.05) is 18.3 Å². The van der Waals surface area contributed by atoms with Gasteiger partial charge in [0.1, 0.15) is 5.75 Å². The van der Waals surface area contributed by atoms with Gasteiger partial charge < -0.3 is 20.7 Å². The number of amides is 3. The van der Waals surface area contributed by atoms with E-state index in [2.05, 4.69) is 16.0 Å². The highest BCUT2D eigenvalue weighted by atomic mass is 16.5. The highest BCUT2D eigenvalue weighted by molar-refractivity contribution is 5.89. The minimum atomic E-state index is -0.247. The molecule has 3 amide bonds. The lowest BCUT2D eigenvalue weighted by molar-refractivity contribution is -0.120. The van der Waals surface area contributed by atoms with Crippen molar-refractivity contribution < 1.29 is 14.3 Å². The van der Waals surface area contributed by atoms with Gasteiger partial charge in [-0.1, -0.05) is 24.3 Å². The lowest BCUT2D eigenvalue weighted by Gasteiger charge is -2.09. The average molecular weight is 367 g/mol. The van der Waals surface area contributed by atoms with Crippen molar-refractivity contribution in [3.63, 3.8) is 0 Å². The zero-order chi connectivity index (χ0) is 19.1. The molecule has 0 heterocycles. The quantitative estimate of drug-likeness (QED) is 0.671. The fourth-order valence-corrected chi connectivity index (χ4v) is 2.69. The molecular weight excluding hydrogens is 342 g/mol. The van der Waals surface area contributed by atoms with E-state index in [1.807, 2.05) is 48.5 Å². The third kappa shape index (κ3) is 6.33. The molecule has 2 aromatic carbocycles. The molecule has 0 aromatic heterocycles. The van der Waals surface area contributed by atoms with Gasteiger partial charge in [-0.15, -0.1) is 0 Å². The van der Waals surface area contributed by atoms with Gasteiger partial charge in [0.05, 0.1) is 13.5 Å². The first kappa shape index (κ1) is 18.8. The molecule has 6 heteroatoms. The van der Waals surface area contributed by atoms with Gasteiger partial charge in [-0.05, 0) is 54.7 Å². The predicted octanol–water partition coefficient (Wildman–Crippen LogP) is 2.88. The van der Waals surface area contributed by atoms with Crippen LogP contribution >= 0.6 is 0 Å². The van der Waals surface area contributed by atoms with Crippen LogP contribution < -0.4 is 20.7 Å². The van der Waals surface area contributed by atoms with E-state index in [1.165, 1.54) is 0 Å². The topological polar surface area (TPSA) is 79.5 Å². The molecule has 142 valence electrons. The number of hydrogen-bond acceptors (Lipinski definition) is 3. The highest BCUT2D eigenvalue weighted by Gasteiger charge is 2.22. The van der Waals surface area contributed by atoms with Crippen molar-refractivity contribution in [2.24, 2.45) is 0 Å². The summed E-state index contributed by atoms with van der Waals surface area (Å²) >= 11 is 0. The van der Waals surface area contributed by atoms with Crippen molar-refractivity contribution in [3.8, 4) is 5.75 Å². The molecule has 3 N–H and O–H groups in total.